The molecule has 5 rings (SSSR count). The second-order valence-electron chi connectivity index (χ2n) is 9.31. The predicted octanol–water partition coefficient (Wildman–Crippen LogP) is 4.44. The molecule has 194 valence electrons. The Kier molecular flexibility index (Phi) is 7.88. The zero-order valence-electron chi connectivity index (χ0n) is 20.2. The first-order chi connectivity index (χ1) is 18.0. The minimum Gasteiger partial charge on any atom is -0.454 e. The van der Waals surface area contributed by atoms with Gasteiger partial charge in [0.05, 0.1) is 6.04 Å². The van der Waals surface area contributed by atoms with Crippen molar-refractivity contribution in [2.24, 2.45) is 0 Å². The SMILES string of the molecule is O=C(NCCc1ccc2c(c1)OCO2)[C@@H]1C[C@H](NCc2c(F)cccc2F)CN1Cc1ccc(Cl)cc1. The Balaban J connectivity index is 1.22. The monoisotopic (exact) mass is 527 g/mol. The molecule has 0 bridgehead atoms. The smallest absolute Gasteiger partial charge is 0.237 e. The lowest BCUT2D eigenvalue weighted by Gasteiger charge is -2.23. The largest absolute Gasteiger partial charge is 0.454 e. The van der Waals surface area contributed by atoms with E-state index in [2.05, 4.69) is 15.5 Å². The van der Waals surface area contributed by atoms with Crippen LogP contribution in [0.15, 0.2) is 60.7 Å². The van der Waals surface area contributed by atoms with Crippen LogP contribution in [0.2, 0.25) is 5.02 Å². The number of carbonyl (C=O) groups excluding carboxylic acids is 1. The quantitative estimate of drug-likeness (QED) is 0.431. The van der Waals surface area contributed by atoms with Crippen LogP contribution >= 0.6 is 11.6 Å². The van der Waals surface area contributed by atoms with Crippen LogP contribution in [0.5, 0.6) is 11.5 Å². The van der Waals surface area contributed by atoms with Crippen molar-refractivity contribution in [1.29, 1.82) is 0 Å². The molecule has 0 aliphatic carbocycles. The van der Waals surface area contributed by atoms with Crippen molar-refractivity contribution in [3.63, 3.8) is 0 Å². The molecular formula is C28H28ClF2N3O3. The Morgan fingerprint density at radius 2 is 1.73 bits per heavy atom. The van der Waals surface area contributed by atoms with E-state index >= 15 is 0 Å². The number of fused-ring (bicyclic) bond motifs is 1. The summed E-state index contributed by atoms with van der Waals surface area (Å²) in [6.07, 6.45) is 1.18. The molecule has 0 spiro atoms. The summed E-state index contributed by atoms with van der Waals surface area (Å²) in [6, 6.07) is 16.7. The summed E-state index contributed by atoms with van der Waals surface area (Å²) in [7, 11) is 0. The highest BCUT2D eigenvalue weighted by molar-refractivity contribution is 6.30. The normalized spacial score (nSPS) is 18.8. The van der Waals surface area contributed by atoms with Gasteiger partial charge in [-0.1, -0.05) is 35.9 Å². The topological polar surface area (TPSA) is 62.8 Å². The van der Waals surface area contributed by atoms with E-state index < -0.39 is 11.6 Å². The minimum absolute atomic E-state index is 0.00313. The average molecular weight is 528 g/mol. The Morgan fingerprint density at radius 1 is 1.00 bits per heavy atom. The lowest BCUT2D eigenvalue weighted by atomic mass is 10.1. The zero-order valence-corrected chi connectivity index (χ0v) is 20.9. The number of hydrogen-bond acceptors (Lipinski definition) is 5. The Labute approximate surface area is 219 Å². The standard InChI is InChI=1S/C28H28ClF2N3O3/c29-20-7-4-19(5-8-20)15-34-16-21(33-14-22-23(30)2-1-3-24(22)31)13-25(34)28(35)32-11-10-18-6-9-26-27(12-18)37-17-36-26/h1-9,12,21,25,33H,10-11,13-17H2,(H,32,35)/t21-,25-/m0/s1. The molecule has 1 fully saturated rings. The number of carbonyl (C=O) groups is 1. The minimum atomic E-state index is -0.582. The van der Waals surface area contributed by atoms with Crippen LogP contribution in [-0.2, 0) is 24.3 Å². The van der Waals surface area contributed by atoms with Crippen molar-refractivity contribution < 1.29 is 23.0 Å². The zero-order chi connectivity index (χ0) is 25.8. The van der Waals surface area contributed by atoms with Gasteiger partial charge in [-0.15, -0.1) is 0 Å². The van der Waals surface area contributed by atoms with Gasteiger partial charge in [0.1, 0.15) is 11.6 Å². The molecule has 3 aromatic rings. The number of rotatable bonds is 9. The van der Waals surface area contributed by atoms with Gasteiger partial charge in [0, 0.05) is 42.8 Å². The Hall–Kier alpha value is -3.20. The van der Waals surface area contributed by atoms with Crippen molar-refractivity contribution in [2.45, 2.75) is 38.0 Å². The number of halogens is 3. The summed E-state index contributed by atoms with van der Waals surface area (Å²) in [5, 5.41) is 6.95. The molecule has 1 amide bonds. The molecule has 37 heavy (non-hydrogen) atoms. The van der Waals surface area contributed by atoms with E-state index in [9.17, 15) is 13.6 Å². The molecule has 2 N–H and O–H groups in total. The lowest BCUT2D eigenvalue weighted by Crippen LogP contribution is -2.43. The fourth-order valence-electron chi connectivity index (χ4n) is 4.82. The van der Waals surface area contributed by atoms with Crippen LogP contribution in [0, 0.1) is 11.6 Å². The fourth-order valence-corrected chi connectivity index (χ4v) is 4.94. The van der Waals surface area contributed by atoms with Crippen molar-refractivity contribution in [2.75, 3.05) is 19.9 Å². The third-order valence-electron chi connectivity index (χ3n) is 6.78. The summed E-state index contributed by atoms with van der Waals surface area (Å²) in [5.74, 6) is 0.207. The molecule has 2 aliphatic rings. The number of likely N-dealkylation sites (tertiary alicyclic amines) is 1. The van der Waals surface area contributed by atoms with E-state index in [0.717, 1.165) is 16.9 Å². The Morgan fingerprint density at radius 3 is 2.51 bits per heavy atom. The molecule has 6 nitrogen and oxygen atoms in total. The van der Waals surface area contributed by atoms with Gasteiger partial charge in [-0.05, 0) is 60.4 Å². The molecule has 2 heterocycles. The lowest BCUT2D eigenvalue weighted by molar-refractivity contribution is -0.125. The van der Waals surface area contributed by atoms with E-state index in [-0.39, 0.29) is 36.9 Å². The van der Waals surface area contributed by atoms with Gasteiger partial charge >= 0.3 is 0 Å². The summed E-state index contributed by atoms with van der Waals surface area (Å²) in [4.78, 5) is 15.3. The fraction of sp³-hybridized carbons (Fsp3) is 0.321. The van der Waals surface area contributed by atoms with E-state index in [0.29, 0.717) is 43.2 Å². The highest BCUT2D eigenvalue weighted by Gasteiger charge is 2.36. The molecule has 0 saturated carbocycles. The van der Waals surface area contributed by atoms with Gasteiger partial charge < -0.3 is 20.1 Å². The summed E-state index contributed by atoms with van der Waals surface area (Å²) >= 11 is 6.03. The maximum atomic E-state index is 14.1. The predicted molar refractivity (Wildman–Crippen MR) is 137 cm³/mol. The first-order valence-electron chi connectivity index (χ1n) is 12.3. The van der Waals surface area contributed by atoms with E-state index in [1.807, 2.05) is 42.5 Å². The van der Waals surface area contributed by atoms with E-state index in [4.69, 9.17) is 21.1 Å². The van der Waals surface area contributed by atoms with Gasteiger partial charge in [0.2, 0.25) is 12.7 Å². The van der Waals surface area contributed by atoms with Crippen LogP contribution in [-0.4, -0.2) is 42.8 Å². The molecule has 2 aliphatic heterocycles. The highest BCUT2D eigenvalue weighted by atomic mass is 35.5. The van der Waals surface area contributed by atoms with Gasteiger partial charge in [0.15, 0.2) is 11.5 Å². The van der Waals surface area contributed by atoms with Crippen LogP contribution in [0.1, 0.15) is 23.1 Å². The third-order valence-corrected chi connectivity index (χ3v) is 7.04. The van der Waals surface area contributed by atoms with Gasteiger partial charge in [-0.25, -0.2) is 8.78 Å². The number of amides is 1. The number of nitrogens with one attached hydrogen (secondary N) is 2. The maximum Gasteiger partial charge on any atom is 0.237 e. The maximum absolute atomic E-state index is 14.1. The number of hydrogen-bond donors (Lipinski definition) is 2. The molecule has 0 unspecified atom stereocenters. The van der Waals surface area contributed by atoms with Gasteiger partial charge in [0.25, 0.3) is 0 Å². The first kappa shape index (κ1) is 25.4. The highest BCUT2D eigenvalue weighted by Crippen LogP contribution is 2.32. The molecule has 1 saturated heterocycles. The average Bonchev–Trinajstić information content (AvgIpc) is 3.52. The van der Waals surface area contributed by atoms with Crippen LogP contribution < -0.4 is 20.1 Å². The van der Waals surface area contributed by atoms with Crippen LogP contribution in [0.4, 0.5) is 8.78 Å². The van der Waals surface area contributed by atoms with Crippen LogP contribution in [0.25, 0.3) is 0 Å². The van der Waals surface area contributed by atoms with Crippen molar-refractivity contribution in [3.05, 3.63) is 94.0 Å². The van der Waals surface area contributed by atoms with E-state index in [1.54, 1.807) is 0 Å². The summed E-state index contributed by atoms with van der Waals surface area (Å²) in [6.45, 7) is 1.88. The molecule has 3 aromatic carbocycles. The Bertz CT molecular complexity index is 1240. The van der Waals surface area contributed by atoms with Gasteiger partial charge in [-0.3, -0.25) is 9.69 Å². The molecule has 0 aromatic heterocycles. The molecule has 9 heteroatoms. The van der Waals surface area contributed by atoms with Gasteiger partial charge in [-0.2, -0.15) is 0 Å². The number of nitrogens with zero attached hydrogens (tertiary/aromatic N) is 1. The molecule has 0 radical (unpaired) electrons. The second kappa shape index (κ2) is 11.5. The number of ether oxygens (including phenoxy) is 2. The summed E-state index contributed by atoms with van der Waals surface area (Å²) in [5.41, 5.74) is 2.08. The van der Waals surface area contributed by atoms with Crippen molar-refractivity contribution in [1.82, 2.24) is 15.5 Å². The molecule has 2 atom stereocenters. The summed E-state index contributed by atoms with van der Waals surface area (Å²) < 4.78 is 39.0. The van der Waals surface area contributed by atoms with Crippen molar-refractivity contribution in [3.8, 4) is 11.5 Å². The number of benzene rings is 3. The van der Waals surface area contributed by atoms with Crippen LogP contribution in [0.3, 0.4) is 0 Å². The molecular weight excluding hydrogens is 500 g/mol. The second-order valence-corrected chi connectivity index (χ2v) is 9.75. The third kappa shape index (κ3) is 6.21. The van der Waals surface area contributed by atoms with Crippen molar-refractivity contribution >= 4 is 17.5 Å². The van der Waals surface area contributed by atoms with E-state index in [1.165, 1.54) is 18.2 Å². The first-order valence-corrected chi connectivity index (χ1v) is 12.6.